The van der Waals surface area contributed by atoms with Crippen molar-refractivity contribution < 1.29 is 14.8 Å². The molecule has 0 heterocycles. The van der Waals surface area contributed by atoms with E-state index in [1.807, 2.05) is 0 Å². The van der Waals surface area contributed by atoms with Gasteiger partial charge in [0.2, 0.25) is 0 Å². The summed E-state index contributed by atoms with van der Waals surface area (Å²) in [5.41, 5.74) is 0.273. The number of phenolic OH excluding ortho intramolecular Hbond substituents is 1. The van der Waals surface area contributed by atoms with Crippen LogP contribution in [0.3, 0.4) is 0 Å². The maximum atomic E-state index is 12.0. The summed E-state index contributed by atoms with van der Waals surface area (Å²) in [5.74, 6) is -0.624. The van der Waals surface area contributed by atoms with E-state index in [1.54, 1.807) is 0 Å². The molecular formula is C14H10Cl2N2O4. The first-order chi connectivity index (χ1) is 10.4. The molecule has 0 atom stereocenters. The number of nitro benzene ring substituents is 1. The molecule has 2 N–H and O–H groups in total. The molecule has 0 radical (unpaired) electrons. The van der Waals surface area contributed by atoms with E-state index in [-0.39, 0.29) is 34.1 Å². The summed E-state index contributed by atoms with van der Waals surface area (Å²) in [6.45, 7) is -0.0781. The number of carbonyl (C=O) groups is 1. The summed E-state index contributed by atoms with van der Waals surface area (Å²) in [7, 11) is 0. The molecule has 0 aliphatic carbocycles. The number of hydrogen-bond donors (Lipinski definition) is 2. The van der Waals surface area contributed by atoms with Crippen LogP contribution in [-0.4, -0.2) is 15.9 Å². The maximum absolute atomic E-state index is 12.0. The quantitative estimate of drug-likeness (QED) is 0.657. The first kappa shape index (κ1) is 16.1. The molecule has 0 saturated heterocycles. The molecule has 6 nitrogen and oxygen atoms in total. The second-order valence-electron chi connectivity index (χ2n) is 4.38. The van der Waals surface area contributed by atoms with Crippen molar-refractivity contribution in [1.82, 2.24) is 5.32 Å². The lowest BCUT2D eigenvalue weighted by Crippen LogP contribution is -2.23. The molecule has 0 spiro atoms. The zero-order valence-corrected chi connectivity index (χ0v) is 12.6. The number of amides is 1. The third-order valence-electron chi connectivity index (χ3n) is 2.89. The Bertz CT molecular complexity index is 750. The SMILES string of the molecule is O=C(NCc1cc([N+](=O)[O-])ccc1O)c1ccc(Cl)cc1Cl. The van der Waals surface area contributed by atoms with Gasteiger partial charge in [0.25, 0.3) is 11.6 Å². The van der Waals surface area contributed by atoms with Crippen LogP contribution in [0.1, 0.15) is 15.9 Å². The van der Waals surface area contributed by atoms with Gasteiger partial charge in [-0.2, -0.15) is 0 Å². The second kappa shape index (κ2) is 6.64. The molecule has 2 rings (SSSR count). The van der Waals surface area contributed by atoms with Gasteiger partial charge in [0.15, 0.2) is 0 Å². The highest BCUT2D eigenvalue weighted by molar-refractivity contribution is 6.36. The predicted octanol–water partition coefficient (Wildman–Crippen LogP) is 3.54. The van der Waals surface area contributed by atoms with Crippen LogP contribution in [0.25, 0.3) is 0 Å². The van der Waals surface area contributed by atoms with E-state index in [2.05, 4.69) is 5.32 Å². The van der Waals surface area contributed by atoms with Gasteiger partial charge in [-0.3, -0.25) is 14.9 Å². The van der Waals surface area contributed by atoms with Gasteiger partial charge in [-0.15, -0.1) is 0 Å². The third kappa shape index (κ3) is 3.66. The number of carbonyl (C=O) groups excluding carboxylic acids is 1. The molecule has 0 aliphatic rings. The van der Waals surface area contributed by atoms with Gasteiger partial charge in [0.05, 0.1) is 15.5 Å². The average Bonchev–Trinajstić information content (AvgIpc) is 2.45. The van der Waals surface area contributed by atoms with Crippen molar-refractivity contribution in [2.75, 3.05) is 0 Å². The number of nitro groups is 1. The minimum Gasteiger partial charge on any atom is -0.508 e. The number of rotatable bonds is 4. The molecule has 114 valence electrons. The highest BCUT2D eigenvalue weighted by atomic mass is 35.5. The lowest BCUT2D eigenvalue weighted by Gasteiger charge is -2.08. The zero-order valence-electron chi connectivity index (χ0n) is 11.0. The van der Waals surface area contributed by atoms with Crippen molar-refractivity contribution in [3.05, 3.63) is 67.7 Å². The van der Waals surface area contributed by atoms with Crippen molar-refractivity contribution in [3.8, 4) is 5.75 Å². The van der Waals surface area contributed by atoms with Gasteiger partial charge in [-0.1, -0.05) is 23.2 Å². The van der Waals surface area contributed by atoms with Gasteiger partial charge in [0, 0.05) is 29.3 Å². The topological polar surface area (TPSA) is 92.5 Å². The minimum atomic E-state index is -0.583. The normalized spacial score (nSPS) is 10.3. The molecule has 0 saturated carbocycles. The number of phenols is 1. The van der Waals surface area contributed by atoms with E-state index in [9.17, 15) is 20.0 Å². The van der Waals surface area contributed by atoms with E-state index < -0.39 is 10.8 Å². The Morgan fingerprint density at radius 1 is 1.23 bits per heavy atom. The molecule has 8 heteroatoms. The molecule has 0 aliphatic heterocycles. The Labute approximate surface area is 135 Å². The van der Waals surface area contributed by atoms with E-state index in [1.165, 1.54) is 36.4 Å². The molecule has 0 bridgehead atoms. The van der Waals surface area contributed by atoms with Gasteiger partial charge in [0.1, 0.15) is 5.75 Å². The lowest BCUT2D eigenvalue weighted by molar-refractivity contribution is -0.384. The Hall–Kier alpha value is -2.31. The van der Waals surface area contributed by atoms with Crippen LogP contribution in [0.15, 0.2) is 36.4 Å². The van der Waals surface area contributed by atoms with Gasteiger partial charge < -0.3 is 10.4 Å². The number of halogens is 2. The number of non-ortho nitro benzene ring substituents is 1. The van der Waals surface area contributed by atoms with Gasteiger partial charge >= 0.3 is 0 Å². The molecule has 22 heavy (non-hydrogen) atoms. The first-order valence-electron chi connectivity index (χ1n) is 6.08. The minimum absolute atomic E-state index is 0.0781. The van der Waals surface area contributed by atoms with E-state index >= 15 is 0 Å². The molecule has 0 unspecified atom stereocenters. The monoisotopic (exact) mass is 340 g/mol. The van der Waals surface area contributed by atoms with Gasteiger partial charge in [-0.05, 0) is 24.3 Å². The molecule has 0 fully saturated rings. The Kier molecular flexibility index (Phi) is 4.85. The number of aromatic hydroxyl groups is 1. The Balaban J connectivity index is 2.14. The zero-order chi connectivity index (χ0) is 16.3. The van der Waals surface area contributed by atoms with E-state index in [0.29, 0.717) is 5.02 Å². The molecule has 2 aromatic rings. The van der Waals surface area contributed by atoms with Crippen molar-refractivity contribution in [3.63, 3.8) is 0 Å². The highest BCUT2D eigenvalue weighted by Crippen LogP contribution is 2.24. The number of nitrogens with one attached hydrogen (secondary N) is 1. The van der Waals surface area contributed by atoms with Crippen molar-refractivity contribution in [2.24, 2.45) is 0 Å². The van der Waals surface area contributed by atoms with E-state index in [0.717, 1.165) is 0 Å². The summed E-state index contributed by atoms with van der Waals surface area (Å²) in [5, 5.41) is 23.5. The van der Waals surface area contributed by atoms with Crippen LogP contribution in [0.5, 0.6) is 5.75 Å². The molecule has 2 aromatic carbocycles. The van der Waals surface area contributed by atoms with Crippen LogP contribution in [0, 0.1) is 10.1 Å². The van der Waals surface area contributed by atoms with Crippen LogP contribution in [-0.2, 0) is 6.54 Å². The molecule has 1 amide bonds. The lowest BCUT2D eigenvalue weighted by atomic mass is 10.1. The average molecular weight is 341 g/mol. The summed E-state index contributed by atoms with van der Waals surface area (Å²) >= 11 is 11.7. The summed E-state index contributed by atoms with van der Waals surface area (Å²) < 4.78 is 0. The predicted molar refractivity (Wildman–Crippen MR) is 82.4 cm³/mol. The van der Waals surface area contributed by atoms with Crippen LogP contribution in [0.4, 0.5) is 5.69 Å². The number of benzene rings is 2. The van der Waals surface area contributed by atoms with E-state index in [4.69, 9.17) is 23.2 Å². The van der Waals surface area contributed by atoms with Crippen LogP contribution in [0.2, 0.25) is 10.0 Å². The fraction of sp³-hybridized carbons (Fsp3) is 0.0714. The summed E-state index contributed by atoms with van der Waals surface area (Å²) in [6.07, 6.45) is 0. The van der Waals surface area contributed by atoms with Crippen LogP contribution < -0.4 is 5.32 Å². The largest absolute Gasteiger partial charge is 0.508 e. The smallest absolute Gasteiger partial charge is 0.270 e. The second-order valence-corrected chi connectivity index (χ2v) is 5.22. The number of hydrogen-bond acceptors (Lipinski definition) is 4. The van der Waals surface area contributed by atoms with Crippen molar-refractivity contribution >= 4 is 34.8 Å². The highest BCUT2D eigenvalue weighted by Gasteiger charge is 2.14. The number of nitrogens with zero attached hydrogens (tertiary/aromatic N) is 1. The summed E-state index contributed by atoms with van der Waals surface area (Å²) in [6, 6.07) is 7.99. The van der Waals surface area contributed by atoms with Crippen molar-refractivity contribution in [2.45, 2.75) is 6.54 Å². The Morgan fingerprint density at radius 3 is 2.59 bits per heavy atom. The first-order valence-corrected chi connectivity index (χ1v) is 6.83. The maximum Gasteiger partial charge on any atom is 0.270 e. The van der Waals surface area contributed by atoms with Crippen LogP contribution >= 0.6 is 23.2 Å². The third-order valence-corrected chi connectivity index (χ3v) is 3.44. The fourth-order valence-corrected chi connectivity index (χ4v) is 2.27. The van der Waals surface area contributed by atoms with Gasteiger partial charge in [-0.25, -0.2) is 0 Å². The molecule has 0 aromatic heterocycles. The standard InChI is InChI=1S/C14H10Cl2N2O4/c15-9-1-3-11(12(16)6-9)14(20)17-7-8-5-10(18(21)22)2-4-13(8)19/h1-6,19H,7H2,(H,17,20). The fourth-order valence-electron chi connectivity index (χ4n) is 1.77. The van der Waals surface area contributed by atoms with Crippen molar-refractivity contribution in [1.29, 1.82) is 0 Å². The molecular weight excluding hydrogens is 331 g/mol. The summed E-state index contributed by atoms with van der Waals surface area (Å²) in [4.78, 5) is 22.2. The Morgan fingerprint density at radius 2 is 1.95 bits per heavy atom.